The van der Waals surface area contributed by atoms with E-state index in [0.29, 0.717) is 22.1 Å². The number of carbonyl (C=O) groups excluding carboxylic acids is 1. The quantitative estimate of drug-likeness (QED) is 0.740. The minimum absolute atomic E-state index is 0.113. The summed E-state index contributed by atoms with van der Waals surface area (Å²) < 4.78 is 13.8. The molecular formula is C20H22ClFN2OS. The molecule has 1 saturated heterocycles. The van der Waals surface area contributed by atoms with E-state index in [1.807, 2.05) is 23.1 Å². The topological polar surface area (TPSA) is 23.6 Å². The Morgan fingerprint density at radius 1 is 1.04 bits per heavy atom. The van der Waals surface area contributed by atoms with Crippen LogP contribution >= 0.6 is 23.4 Å². The van der Waals surface area contributed by atoms with Crippen LogP contribution in [0.1, 0.15) is 11.1 Å². The molecule has 1 aliphatic heterocycles. The molecule has 0 bridgehead atoms. The van der Waals surface area contributed by atoms with Gasteiger partial charge in [-0.25, -0.2) is 4.39 Å². The van der Waals surface area contributed by atoms with Crippen molar-refractivity contribution in [2.24, 2.45) is 0 Å². The fourth-order valence-corrected chi connectivity index (χ4v) is 4.26. The van der Waals surface area contributed by atoms with E-state index in [1.54, 1.807) is 12.1 Å². The molecule has 2 aromatic rings. The predicted octanol–water partition coefficient (Wildman–Crippen LogP) is 4.06. The fraction of sp³-hybridized carbons (Fsp3) is 0.350. The summed E-state index contributed by atoms with van der Waals surface area (Å²) in [4.78, 5) is 16.6. The van der Waals surface area contributed by atoms with Crippen LogP contribution in [0.25, 0.3) is 0 Å². The Hall–Kier alpha value is -1.56. The van der Waals surface area contributed by atoms with Gasteiger partial charge in [0.2, 0.25) is 5.91 Å². The summed E-state index contributed by atoms with van der Waals surface area (Å²) >= 11 is 7.43. The Bertz CT molecular complexity index is 716. The molecule has 0 unspecified atom stereocenters. The second-order valence-corrected chi connectivity index (χ2v) is 7.73. The molecule has 0 saturated carbocycles. The summed E-state index contributed by atoms with van der Waals surface area (Å²) in [6, 6.07) is 15.0. The van der Waals surface area contributed by atoms with Gasteiger partial charge in [0.25, 0.3) is 0 Å². The van der Waals surface area contributed by atoms with Crippen LogP contribution in [0.4, 0.5) is 4.39 Å². The number of nitrogens with zero attached hydrogens (tertiary/aromatic N) is 2. The Morgan fingerprint density at radius 2 is 1.77 bits per heavy atom. The van der Waals surface area contributed by atoms with Crippen molar-refractivity contribution in [1.82, 2.24) is 9.80 Å². The standard InChI is InChI=1S/C20H22ClFN2OS/c21-18-7-4-8-19(22)17(18)14-26-15-20(25)24-11-9-23(10-12-24)13-16-5-2-1-3-6-16/h1-8H,9-15H2. The third-order valence-electron chi connectivity index (χ3n) is 4.51. The minimum Gasteiger partial charge on any atom is -0.339 e. The maximum atomic E-state index is 13.8. The van der Waals surface area contributed by atoms with E-state index in [0.717, 1.165) is 32.7 Å². The molecule has 0 aromatic heterocycles. The summed E-state index contributed by atoms with van der Waals surface area (Å²) in [5.41, 5.74) is 1.77. The number of amides is 1. The van der Waals surface area contributed by atoms with Gasteiger partial charge in [-0.2, -0.15) is 0 Å². The molecule has 0 atom stereocenters. The lowest BCUT2D eigenvalue weighted by molar-refractivity contribution is -0.130. The molecule has 6 heteroatoms. The van der Waals surface area contributed by atoms with E-state index in [9.17, 15) is 9.18 Å². The molecule has 3 nitrogen and oxygen atoms in total. The number of thioether (sulfide) groups is 1. The third kappa shape index (κ3) is 5.22. The number of rotatable bonds is 6. The van der Waals surface area contributed by atoms with Gasteiger partial charge in [0.1, 0.15) is 5.82 Å². The summed E-state index contributed by atoms with van der Waals surface area (Å²) in [5, 5.41) is 0.416. The van der Waals surface area contributed by atoms with Gasteiger partial charge in [0, 0.05) is 49.1 Å². The van der Waals surface area contributed by atoms with Gasteiger partial charge >= 0.3 is 0 Å². The van der Waals surface area contributed by atoms with Gasteiger partial charge in [0.05, 0.1) is 5.75 Å². The SMILES string of the molecule is O=C(CSCc1c(F)cccc1Cl)N1CCN(Cc2ccccc2)CC1. The van der Waals surface area contributed by atoms with Gasteiger partial charge in [0.15, 0.2) is 0 Å². The monoisotopic (exact) mass is 392 g/mol. The molecule has 1 heterocycles. The summed E-state index contributed by atoms with van der Waals surface area (Å²) in [5.74, 6) is 0.558. The molecular weight excluding hydrogens is 371 g/mol. The number of hydrogen-bond acceptors (Lipinski definition) is 3. The number of carbonyl (C=O) groups is 1. The van der Waals surface area contributed by atoms with Crippen molar-refractivity contribution in [1.29, 1.82) is 0 Å². The smallest absolute Gasteiger partial charge is 0.232 e. The van der Waals surface area contributed by atoms with Gasteiger partial charge < -0.3 is 4.90 Å². The first-order valence-corrected chi connectivity index (χ1v) is 10.2. The lowest BCUT2D eigenvalue weighted by atomic mass is 10.2. The van der Waals surface area contributed by atoms with E-state index in [4.69, 9.17) is 11.6 Å². The van der Waals surface area contributed by atoms with Gasteiger partial charge in [-0.15, -0.1) is 11.8 Å². The Labute approximate surface area is 163 Å². The Balaban J connectivity index is 1.41. The van der Waals surface area contributed by atoms with Crippen LogP contribution in [-0.4, -0.2) is 47.6 Å². The highest BCUT2D eigenvalue weighted by Crippen LogP contribution is 2.24. The first-order valence-electron chi connectivity index (χ1n) is 8.68. The lowest BCUT2D eigenvalue weighted by Crippen LogP contribution is -2.48. The highest BCUT2D eigenvalue weighted by molar-refractivity contribution is 7.99. The number of piperazine rings is 1. The molecule has 0 radical (unpaired) electrons. The largest absolute Gasteiger partial charge is 0.339 e. The van der Waals surface area contributed by atoms with Crippen LogP contribution in [0.15, 0.2) is 48.5 Å². The normalized spacial score (nSPS) is 15.2. The summed E-state index contributed by atoms with van der Waals surface area (Å²) in [6.07, 6.45) is 0. The molecule has 0 N–H and O–H groups in total. The van der Waals surface area contributed by atoms with Crippen LogP contribution in [0.2, 0.25) is 5.02 Å². The Kier molecular flexibility index (Phi) is 6.94. The van der Waals surface area contributed by atoms with E-state index in [1.165, 1.54) is 23.4 Å². The average molecular weight is 393 g/mol. The van der Waals surface area contributed by atoms with E-state index >= 15 is 0 Å². The first kappa shape index (κ1) is 19.2. The number of benzene rings is 2. The van der Waals surface area contributed by atoms with E-state index < -0.39 is 0 Å². The molecule has 26 heavy (non-hydrogen) atoms. The van der Waals surface area contributed by atoms with Crippen molar-refractivity contribution < 1.29 is 9.18 Å². The highest BCUT2D eigenvalue weighted by atomic mass is 35.5. The van der Waals surface area contributed by atoms with Crippen LogP contribution < -0.4 is 0 Å². The van der Waals surface area contributed by atoms with Crippen LogP contribution in [0.5, 0.6) is 0 Å². The van der Waals surface area contributed by atoms with Crippen LogP contribution in [0.3, 0.4) is 0 Å². The molecule has 1 aliphatic rings. The van der Waals surface area contributed by atoms with Crippen molar-refractivity contribution >= 4 is 29.3 Å². The second-order valence-electron chi connectivity index (χ2n) is 6.34. The summed E-state index contributed by atoms with van der Waals surface area (Å²) in [7, 11) is 0. The molecule has 1 fully saturated rings. The third-order valence-corrected chi connectivity index (χ3v) is 5.81. The number of halogens is 2. The van der Waals surface area contributed by atoms with Crippen molar-refractivity contribution in [2.45, 2.75) is 12.3 Å². The second kappa shape index (κ2) is 9.40. The average Bonchev–Trinajstić information content (AvgIpc) is 2.65. The maximum absolute atomic E-state index is 13.8. The van der Waals surface area contributed by atoms with Crippen molar-refractivity contribution in [2.75, 3.05) is 31.9 Å². The van der Waals surface area contributed by atoms with Crippen molar-refractivity contribution in [3.05, 3.63) is 70.5 Å². The van der Waals surface area contributed by atoms with Gasteiger partial charge in [-0.3, -0.25) is 9.69 Å². The molecule has 3 rings (SSSR count). The summed E-state index contributed by atoms with van der Waals surface area (Å²) in [6.45, 7) is 4.16. The maximum Gasteiger partial charge on any atom is 0.232 e. The lowest BCUT2D eigenvalue weighted by Gasteiger charge is -2.34. The molecule has 0 aliphatic carbocycles. The number of hydrogen-bond donors (Lipinski definition) is 0. The van der Waals surface area contributed by atoms with Crippen LogP contribution in [-0.2, 0) is 17.1 Å². The zero-order chi connectivity index (χ0) is 18.4. The highest BCUT2D eigenvalue weighted by Gasteiger charge is 2.21. The molecule has 0 spiro atoms. The predicted molar refractivity (Wildman–Crippen MR) is 106 cm³/mol. The zero-order valence-electron chi connectivity index (χ0n) is 14.5. The van der Waals surface area contributed by atoms with E-state index in [-0.39, 0.29) is 11.7 Å². The Morgan fingerprint density at radius 3 is 2.46 bits per heavy atom. The van der Waals surface area contributed by atoms with Crippen LogP contribution in [0, 0.1) is 5.82 Å². The van der Waals surface area contributed by atoms with Gasteiger partial charge in [-0.1, -0.05) is 48.0 Å². The molecule has 2 aromatic carbocycles. The van der Waals surface area contributed by atoms with E-state index in [2.05, 4.69) is 17.0 Å². The first-order chi connectivity index (χ1) is 12.6. The van der Waals surface area contributed by atoms with Crippen molar-refractivity contribution in [3.63, 3.8) is 0 Å². The minimum atomic E-state index is -0.313. The van der Waals surface area contributed by atoms with Gasteiger partial charge in [-0.05, 0) is 17.7 Å². The zero-order valence-corrected chi connectivity index (χ0v) is 16.1. The molecule has 138 valence electrons. The molecule has 1 amide bonds. The fourth-order valence-electron chi connectivity index (χ4n) is 3.00. The van der Waals surface area contributed by atoms with Crippen molar-refractivity contribution in [3.8, 4) is 0 Å².